The van der Waals surface area contributed by atoms with Gasteiger partial charge in [0.15, 0.2) is 0 Å². The lowest BCUT2D eigenvalue weighted by molar-refractivity contribution is 0.0356. The summed E-state index contributed by atoms with van der Waals surface area (Å²) in [5, 5.41) is 9.80. The van der Waals surface area contributed by atoms with Crippen molar-refractivity contribution in [3.05, 3.63) is 0 Å². The maximum atomic E-state index is 9.80. The molecule has 2 aliphatic carbocycles. The average Bonchev–Trinajstić information content (AvgIpc) is 3.09. The highest BCUT2D eigenvalue weighted by atomic mass is 16.3. The summed E-state index contributed by atoms with van der Waals surface area (Å²) in [6.07, 6.45) is 8.75. The fraction of sp³-hybridized carbons (Fsp3) is 1.00. The van der Waals surface area contributed by atoms with Crippen LogP contribution in [0.15, 0.2) is 0 Å². The number of aliphatic hydroxyl groups excluding tert-OH is 1. The summed E-state index contributed by atoms with van der Waals surface area (Å²) in [6, 6.07) is 0.632. The van der Waals surface area contributed by atoms with E-state index >= 15 is 0 Å². The number of nitrogens with zero attached hydrogens (tertiary/aromatic N) is 1. The minimum atomic E-state index is -0.0452. The first-order valence-corrected chi connectivity index (χ1v) is 7.09. The second kappa shape index (κ2) is 5.50. The third kappa shape index (κ3) is 3.21. The lowest BCUT2D eigenvalue weighted by atomic mass is 9.80. The van der Waals surface area contributed by atoms with Gasteiger partial charge in [0.05, 0.1) is 6.10 Å². The molecule has 2 nitrogen and oxygen atoms in total. The summed E-state index contributed by atoms with van der Waals surface area (Å²) in [5.41, 5.74) is 0. The van der Waals surface area contributed by atoms with Crippen molar-refractivity contribution in [2.45, 2.75) is 64.0 Å². The fourth-order valence-electron chi connectivity index (χ4n) is 3.16. The zero-order valence-corrected chi connectivity index (χ0v) is 10.9. The molecular formula is C14H27NO. The molecular weight excluding hydrogens is 198 g/mol. The summed E-state index contributed by atoms with van der Waals surface area (Å²) >= 11 is 0. The molecule has 0 bridgehead atoms. The summed E-state index contributed by atoms with van der Waals surface area (Å²) in [5.74, 6) is 1.84. The van der Waals surface area contributed by atoms with E-state index in [0.717, 1.165) is 24.7 Å². The summed E-state index contributed by atoms with van der Waals surface area (Å²) in [4.78, 5) is 2.52. The van der Waals surface area contributed by atoms with E-state index in [0.29, 0.717) is 6.04 Å². The van der Waals surface area contributed by atoms with Crippen LogP contribution in [-0.4, -0.2) is 35.7 Å². The molecule has 16 heavy (non-hydrogen) atoms. The Morgan fingerprint density at radius 2 is 1.94 bits per heavy atom. The molecule has 2 aliphatic rings. The van der Waals surface area contributed by atoms with Crippen molar-refractivity contribution in [1.82, 2.24) is 4.90 Å². The van der Waals surface area contributed by atoms with Crippen LogP contribution in [0.2, 0.25) is 0 Å². The molecule has 2 rings (SSSR count). The SMILES string of the molecule is CCC1CCC(O)CC1N(C)CCC1CC1. The second-order valence-electron chi connectivity index (χ2n) is 5.92. The lowest BCUT2D eigenvalue weighted by Crippen LogP contribution is -2.44. The minimum absolute atomic E-state index is 0.0452. The molecule has 2 saturated carbocycles. The molecule has 3 atom stereocenters. The van der Waals surface area contributed by atoms with Gasteiger partial charge in [0.25, 0.3) is 0 Å². The molecule has 0 aromatic rings. The van der Waals surface area contributed by atoms with Crippen molar-refractivity contribution in [1.29, 1.82) is 0 Å². The van der Waals surface area contributed by atoms with E-state index in [-0.39, 0.29) is 6.10 Å². The Labute approximate surface area is 100 Å². The van der Waals surface area contributed by atoms with Crippen LogP contribution in [0, 0.1) is 11.8 Å². The smallest absolute Gasteiger partial charge is 0.0555 e. The van der Waals surface area contributed by atoms with Gasteiger partial charge in [0, 0.05) is 6.04 Å². The first kappa shape index (κ1) is 12.4. The van der Waals surface area contributed by atoms with Gasteiger partial charge in [0.1, 0.15) is 0 Å². The number of aliphatic hydroxyl groups is 1. The Balaban J connectivity index is 1.81. The predicted octanol–water partition coefficient (Wildman–Crippen LogP) is 2.66. The maximum Gasteiger partial charge on any atom is 0.0555 e. The zero-order valence-electron chi connectivity index (χ0n) is 10.9. The van der Waals surface area contributed by atoms with Crippen molar-refractivity contribution >= 4 is 0 Å². The van der Waals surface area contributed by atoms with Gasteiger partial charge >= 0.3 is 0 Å². The minimum Gasteiger partial charge on any atom is -0.393 e. The van der Waals surface area contributed by atoms with Crippen LogP contribution in [0.5, 0.6) is 0 Å². The van der Waals surface area contributed by atoms with Crippen LogP contribution in [0.4, 0.5) is 0 Å². The van der Waals surface area contributed by atoms with E-state index in [1.807, 2.05) is 0 Å². The Morgan fingerprint density at radius 1 is 1.19 bits per heavy atom. The van der Waals surface area contributed by atoms with E-state index in [1.165, 1.54) is 38.6 Å². The third-order valence-corrected chi connectivity index (χ3v) is 4.61. The Kier molecular flexibility index (Phi) is 4.26. The van der Waals surface area contributed by atoms with Crippen molar-refractivity contribution in [2.75, 3.05) is 13.6 Å². The second-order valence-corrected chi connectivity index (χ2v) is 5.92. The topological polar surface area (TPSA) is 23.5 Å². The first-order valence-electron chi connectivity index (χ1n) is 7.09. The van der Waals surface area contributed by atoms with Gasteiger partial charge in [-0.1, -0.05) is 26.2 Å². The van der Waals surface area contributed by atoms with Crippen molar-refractivity contribution in [2.24, 2.45) is 11.8 Å². The molecule has 3 unspecified atom stereocenters. The molecule has 0 saturated heterocycles. The van der Waals surface area contributed by atoms with Crippen LogP contribution in [0.25, 0.3) is 0 Å². The first-order chi connectivity index (χ1) is 7.70. The molecule has 0 aromatic carbocycles. The molecule has 0 aromatic heterocycles. The van der Waals surface area contributed by atoms with E-state index in [9.17, 15) is 5.11 Å². The summed E-state index contributed by atoms with van der Waals surface area (Å²) < 4.78 is 0. The zero-order chi connectivity index (χ0) is 11.5. The molecule has 0 amide bonds. The Morgan fingerprint density at radius 3 is 2.56 bits per heavy atom. The van der Waals surface area contributed by atoms with Gasteiger partial charge in [-0.15, -0.1) is 0 Å². The lowest BCUT2D eigenvalue weighted by Gasteiger charge is -2.39. The van der Waals surface area contributed by atoms with E-state index in [4.69, 9.17) is 0 Å². The Bertz CT molecular complexity index is 215. The van der Waals surface area contributed by atoms with Gasteiger partial charge in [0.2, 0.25) is 0 Å². The number of rotatable bonds is 5. The fourth-order valence-corrected chi connectivity index (χ4v) is 3.16. The normalized spacial score (nSPS) is 35.6. The van der Waals surface area contributed by atoms with Crippen LogP contribution in [0.1, 0.15) is 51.9 Å². The highest BCUT2D eigenvalue weighted by Gasteiger charge is 2.31. The highest BCUT2D eigenvalue weighted by molar-refractivity contribution is 4.86. The molecule has 0 heterocycles. The van der Waals surface area contributed by atoms with Gasteiger partial charge in [-0.05, 0) is 51.1 Å². The largest absolute Gasteiger partial charge is 0.393 e. The van der Waals surface area contributed by atoms with Crippen LogP contribution in [0.3, 0.4) is 0 Å². The maximum absolute atomic E-state index is 9.80. The average molecular weight is 225 g/mol. The molecule has 2 fully saturated rings. The molecule has 0 aliphatic heterocycles. The molecule has 1 N–H and O–H groups in total. The van der Waals surface area contributed by atoms with Gasteiger partial charge in [-0.25, -0.2) is 0 Å². The van der Waals surface area contributed by atoms with Crippen LogP contribution >= 0.6 is 0 Å². The van der Waals surface area contributed by atoms with Gasteiger partial charge < -0.3 is 10.0 Å². The summed E-state index contributed by atoms with van der Waals surface area (Å²) in [7, 11) is 2.26. The molecule has 2 heteroatoms. The monoisotopic (exact) mass is 225 g/mol. The molecule has 0 spiro atoms. The standard InChI is InChI=1S/C14H27NO/c1-3-12-6-7-13(16)10-14(12)15(2)9-8-11-4-5-11/h11-14,16H,3-10H2,1-2H3. The number of hydrogen-bond donors (Lipinski definition) is 1. The highest BCUT2D eigenvalue weighted by Crippen LogP contribution is 2.34. The van der Waals surface area contributed by atoms with E-state index in [1.54, 1.807) is 0 Å². The molecule has 0 radical (unpaired) electrons. The van der Waals surface area contributed by atoms with Crippen molar-refractivity contribution in [3.63, 3.8) is 0 Å². The number of hydrogen-bond acceptors (Lipinski definition) is 2. The Hall–Kier alpha value is -0.0800. The molecule has 94 valence electrons. The predicted molar refractivity (Wildman–Crippen MR) is 67.4 cm³/mol. The van der Waals surface area contributed by atoms with Crippen LogP contribution < -0.4 is 0 Å². The van der Waals surface area contributed by atoms with E-state index in [2.05, 4.69) is 18.9 Å². The quantitative estimate of drug-likeness (QED) is 0.777. The van der Waals surface area contributed by atoms with Crippen molar-refractivity contribution in [3.8, 4) is 0 Å². The third-order valence-electron chi connectivity index (χ3n) is 4.61. The van der Waals surface area contributed by atoms with Gasteiger partial charge in [-0.3, -0.25) is 0 Å². The summed E-state index contributed by atoms with van der Waals surface area (Å²) in [6.45, 7) is 3.53. The van der Waals surface area contributed by atoms with E-state index < -0.39 is 0 Å². The van der Waals surface area contributed by atoms with Gasteiger partial charge in [-0.2, -0.15) is 0 Å². The van der Waals surface area contributed by atoms with Crippen molar-refractivity contribution < 1.29 is 5.11 Å². The van der Waals surface area contributed by atoms with Crippen LogP contribution in [-0.2, 0) is 0 Å².